The van der Waals surface area contributed by atoms with Crippen molar-refractivity contribution in [2.24, 2.45) is 0 Å². The van der Waals surface area contributed by atoms with Gasteiger partial charge < -0.3 is 15.2 Å². The number of anilines is 1. The molecule has 0 saturated heterocycles. The van der Waals surface area contributed by atoms with Gasteiger partial charge in [-0.15, -0.1) is 0 Å². The molecule has 0 aromatic heterocycles. The molecule has 0 aliphatic heterocycles. The van der Waals surface area contributed by atoms with Crippen LogP contribution < -0.4 is 10.5 Å². The lowest BCUT2D eigenvalue weighted by Crippen LogP contribution is -2.08. The summed E-state index contributed by atoms with van der Waals surface area (Å²) >= 11 is 5.79. The summed E-state index contributed by atoms with van der Waals surface area (Å²) in [6.07, 6.45) is 0. The van der Waals surface area contributed by atoms with Gasteiger partial charge in [-0.3, -0.25) is 0 Å². The zero-order chi connectivity index (χ0) is 14.5. The van der Waals surface area contributed by atoms with Gasteiger partial charge >= 0.3 is 5.97 Å². The standard InChI is InChI=1S/C15H14ClNO3/c1-19-14-5-3-2-4-10(14)9-20-15(18)12-7-6-11(16)8-13(12)17/h2-8H,9,17H2,1H3. The van der Waals surface area contributed by atoms with Gasteiger partial charge in [0.2, 0.25) is 0 Å². The average Bonchev–Trinajstić information content (AvgIpc) is 2.45. The summed E-state index contributed by atoms with van der Waals surface area (Å²) in [5.41, 5.74) is 7.11. The first-order valence-corrected chi connectivity index (χ1v) is 6.33. The number of benzene rings is 2. The van der Waals surface area contributed by atoms with Crippen molar-refractivity contribution in [3.63, 3.8) is 0 Å². The second kappa shape index (κ2) is 6.30. The Bertz CT molecular complexity index is 628. The van der Waals surface area contributed by atoms with E-state index in [9.17, 15) is 4.79 Å². The van der Waals surface area contributed by atoms with Crippen molar-refractivity contribution in [1.82, 2.24) is 0 Å². The van der Waals surface area contributed by atoms with Gasteiger partial charge in [-0.05, 0) is 24.3 Å². The molecule has 0 saturated carbocycles. The molecule has 0 unspecified atom stereocenters. The smallest absolute Gasteiger partial charge is 0.340 e. The van der Waals surface area contributed by atoms with E-state index in [1.165, 1.54) is 6.07 Å². The van der Waals surface area contributed by atoms with E-state index in [1.54, 1.807) is 25.3 Å². The number of hydrogen-bond acceptors (Lipinski definition) is 4. The van der Waals surface area contributed by atoms with Crippen molar-refractivity contribution >= 4 is 23.3 Å². The van der Waals surface area contributed by atoms with Crippen molar-refractivity contribution in [2.75, 3.05) is 12.8 Å². The maximum atomic E-state index is 12.0. The van der Waals surface area contributed by atoms with E-state index >= 15 is 0 Å². The molecule has 0 bridgehead atoms. The SMILES string of the molecule is COc1ccccc1COC(=O)c1ccc(Cl)cc1N. The summed E-state index contributed by atoms with van der Waals surface area (Å²) in [6, 6.07) is 12.0. The minimum atomic E-state index is -0.495. The molecule has 0 aliphatic rings. The molecule has 0 amide bonds. The lowest BCUT2D eigenvalue weighted by molar-refractivity contribution is 0.0471. The fourth-order valence-corrected chi connectivity index (χ4v) is 1.94. The van der Waals surface area contributed by atoms with Gasteiger partial charge in [-0.2, -0.15) is 0 Å². The Morgan fingerprint density at radius 1 is 1.25 bits per heavy atom. The van der Waals surface area contributed by atoms with Gasteiger partial charge in [0.15, 0.2) is 0 Å². The Morgan fingerprint density at radius 2 is 2.00 bits per heavy atom. The number of carbonyl (C=O) groups excluding carboxylic acids is 1. The van der Waals surface area contributed by atoms with Crippen LogP contribution in [0, 0.1) is 0 Å². The van der Waals surface area contributed by atoms with Crippen molar-refractivity contribution < 1.29 is 14.3 Å². The van der Waals surface area contributed by atoms with Gasteiger partial charge in [-0.1, -0.05) is 29.8 Å². The van der Waals surface area contributed by atoms with Gasteiger partial charge in [0.1, 0.15) is 12.4 Å². The van der Waals surface area contributed by atoms with Gasteiger partial charge in [0.25, 0.3) is 0 Å². The molecular weight excluding hydrogens is 278 g/mol. The molecule has 104 valence electrons. The highest BCUT2D eigenvalue weighted by Gasteiger charge is 2.12. The Balaban J connectivity index is 2.09. The normalized spacial score (nSPS) is 10.1. The van der Waals surface area contributed by atoms with Crippen LogP contribution in [0.15, 0.2) is 42.5 Å². The number of ether oxygens (including phenoxy) is 2. The maximum absolute atomic E-state index is 12.0. The number of rotatable bonds is 4. The van der Waals surface area contributed by atoms with E-state index in [2.05, 4.69) is 0 Å². The molecule has 4 nitrogen and oxygen atoms in total. The van der Waals surface area contributed by atoms with Crippen molar-refractivity contribution in [3.05, 3.63) is 58.6 Å². The van der Waals surface area contributed by atoms with E-state index in [4.69, 9.17) is 26.8 Å². The van der Waals surface area contributed by atoms with E-state index in [-0.39, 0.29) is 6.61 Å². The number of para-hydroxylation sites is 1. The Labute approximate surface area is 122 Å². The minimum absolute atomic E-state index is 0.116. The van der Waals surface area contributed by atoms with Crippen LogP contribution in [-0.4, -0.2) is 13.1 Å². The molecule has 0 aliphatic carbocycles. The zero-order valence-corrected chi connectivity index (χ0v) is 11.7. The molecule has 2 N–H and O–H groups in total. The van der Waals surface area contributed by atoms with Crippen molar-refractivity contribution in [3.8, 4) is 5.75 Å². The highest BCUT2D eigenvalue weighted by atomic mass is 35.5. The molecule has 2 aromatic rings. The van der Waals surface area contributed by atoms with Crippen molar-refractivity contribution in [2.45, 2.75) is 6.61 Å². The van der Waals surface area contributed by atoms with E-state index in [0.717, 1.165) is 5.56 Å². The van der Waals surface area contributed by atoms with Gasteiger partial charge in [0.05, 0.1) is 12.7 Å². The van der Waals surface area contributed by atoms with Crippen LogP contribution in [0.3, 0.4) is 0 Å². The molecule has 0 spiro atoms. The monoisotopic (exact) mass is 291 g/mol. The Morgan fingerprint density at radius 3 is 2.70 bits per heavy atom. The van der Waals surface area contributed by atoms with E-state index < -0.39 is 5.97 Å². The van der Waals surface area contributed by atoms with E-state index in [1.807, 2.05) is 18.2 Å². The van der Waals surface area contributed by atoms with Crippen LogP contribution in [0.2, 0.25) is 5.02 Å². The fourth-order valence-electron chi connectivity index (χ4n) is 1.76. The summed E-state index contributed by atoms with van der Waals surface area (Å²) < 4.78 is 10.4. The third kappa shape index (κ3) is 3.22. The topological polar surface area (TPSA) is 61.5 Å². The third-order valence-corrected chi connectivity index (χ3v) is 3.02. The quantitative estimate of drug-likeness (QED) is 0.693. The highest BCUT2D eigenvalue weighted by molar-refractivity contribution is 6.31. The van der Waals surface area contributed by atoms with Gasteiger partial charge in [-0.25, -0.2) is 4.79 Å². The second-order valence-corrected chi connectivity index (χ2v) is 4.56. The van der Waals surface area contributed by atoms with Crippen molar-refractivity contribution in [1.29, 1.82) is 0 Å². The minimum Gasteiger partial charge on any atom is -0.496 e. The van der Waals surface area contributed by atoms with Crippen LogP contribution in [0.5, 0.6) is 5.75 Å². The average molecular weight is 292 g/mol. The third-order valence-electron chi connectivity index (χ3n) is 2.78. The van der Waals surface area contributed by atoms with Gasteiger partial charge in [0, 0.05) is 16.3 Å². The number of halogens is 1. The lowest BCUT2D eigenvalue weighted by atomic mass is 10.2. The molecular formula is C15H14ClNO3. The number of carbonyl (C=O) groups is 1. The molecule has 2 aromatic carbocycles. The first kappa shape index (κ1) is 14.2. The molecule has 0 atom stereocenters. The predicted molar refractivity (Wildman–Crippen MR) is 78.0 cm³/mol. The van der Waals surface area contributed by atoms with E-state index in [0.29, 0.717) is 22.0 Å². The molecule has 5 heteroatoms. The molecule has 2 rings (SSSR count). The summed E-state index contributed by atoms with van der Waals surface area (Å²) in [7, 11) is 1.57. The molecule has 20 heavy (non-hydrogen) atoms. The molecule has 0 radical (unpaired) electrons. The predicted octanol–water partition coefficient (Wildman–Crippen LogP) is 3.29. The fraction of sp³-hybridized carbons (Fsp3) is 0.133. The largest absolute Gasteiger partial charge is 0.496 e. The van der Waals surface area contributed by atoms with Crippen LogP contribution in [0.1, 0.15) is 15.9 Å². The number of methoxy groups -OCH3 is 1. The maximum Gasteiger partial charge on any atom is 0.340 e. The lowest BCUT2D eigenvalue weighted by Gasteiger charge is -2.10. The first-order valence-electron chi connectivity index (χ1n) is 5.96. The Kier molecular flexibility index (Phi) is 4.48. The Hall–Kier alpha value is -2.20. The molecule has 0 heterocycles. The summed E-state index contributed by atoms with van der Waals surface area (Å²) in [5.74, 6) is 0.175. The highest BCUT2D eigenvalue weighted by Crippen LogP contribution is 2.21. The first-order chi connectivity index (χ1) is 9.61. The van der Waals surface area contributed by atoms with Crippen LogP contribution >= 0.6 is 11.6 Å². The summed E-state index contributed by atoms with van der Waals surface area (Å²) in [6.45, 7) is 0.116. The zero-order valence-electron chi connectivity index (χ0n) is 10.9. The number of nitrogen functional groups attached to an aromatic ring is 1. The van der Waals surface area contributed by atoms with Crippen LogP contribution in [0.4, 0.5) is 5.69 Å². The van der Waals surface area contributed by atoms with Crippen LogP contribution in [0.25, 0.3) is 0 Å². The second-order valence-electron chi connectivity index (χ2n) is 4.12. The number of nitrogens with two attached hydrogens (primary N) is 1. The number of esters is 1. The number of hydrogen-bond donors (Lipinski definition) is 1. The van der Waals surface area contributed by atoms with Crippen LogP contribution in [-0.2, 0) is 11.3 Å². The summed E-state index contributed by atoms with van der Waals surface area (Å²) in [5, 5.41) is 0.476. The summed E-state index contributed by atoms with van der Waals surface area (Å²) in [4.78, 5) is 12.0. The molecule has 0 fully saturated rings.